The highest BCUT2D eigenvalue weighted by molar-refractivity contribution is 6.03. The van der Waals surface area contributed by atoms with Crippen LogP contribution in [0.1, 0.15) is 10.5 Å². The van der Waals surface area contributed by atoms with Crippen molar-refractivity contribution in [2.24, 2.45) is 0 Å². The third-order valence-electron chi connectivity index (χ3n) is 3.87. The van der Waals surface area contributed by atoms with Crippen LogP contribution in [0.4, 0.5) is 21.7 Å². The van der Waals surface area contributed by atoms with Crippen molar-refractivity contribution >= 4 is 34.1 Å². The van der Waals surface area contributed by atoms with E-state index in [0.29, 0.717) is 5.69 Å². The van der Waals surface area contributed by atoms with Gasteiger partial charge in [-0.1, -0.05) is 18.2 Å². The maximum Gasteiger partial charge on any atom is 0.274 e. The number of benzene rings is 2. The van der Waals surface area contributed by atoms with E-state index in [1.165, 1.54) is 36.5 Å². The Labute approximate surface area is 154 Å². The molecule has 132 valence electrons. The summed E-state index contributed by atoms with van der Waals surface area (Å²) in [4.78, 5) is 25.2. The molecule has 0 aliphatic carbocycles. The summed E-state index contributed by atoms with van der Waals surface area (Å²) >= 11 is 0. The molecule has 4 rings (SSSR count). The Balaban J connectivity index is 1.57. The molecule has 27 heavy (non-hydrogen) atoms. The molecule has 2 heterocycles. The Bertz CT molecular complexity index is 1110. The fourth-order valence-electron chi connectivity index (χ4n) is 2.60. The average Bonchev–Trinajstić information content (AvgIpc) is 2.70. The normalized spacial score (nSPS) is 10.6. The smallest absolute Gasteiger partial charge is 0.274 e. The number of rotatable bonds is 4. The molecule has 0 aliphatic heterocycles. The number of amides is 1. The summed E-state index contributed by atoms with van der Waals surface area (Å²) in [6, 6.07) is 16.6. The molecule has 7 heteroatoms. The van der Waals surface area contributed by atoms with Gasteiger partial charge in [0.1, 0.15) is 11.5 Å². The summed E-state index contributed by atoms with van der Waals surface area (Å²) in [5.74, 6) is -0.506. The largest absolute Gasteiger partial charge is 0.322 e. The topological polar surface area (TPSA) is 79.8 Å². The molecule has 2 aromatic carbocycles. The van der Waals surface area contributed by atoms with Gasteiger partial charge in [0, 0.05) is 23.5 Å². The second-order valence-corrected chi connectivity index (χ2v) is 5.73. The molecule has 0 aliphatic rings. The predicted molar refractivity (Wildman–Crippen MR) is 101 cm³/mol. The van der Waals surface area contributed by atoms with Crippen LogP contribution in [-0.4, -0.2) is 20.9 Å². The van der Waals surface area contributed by atoms with Crippen LogP contribution in [-0.2, 0) is 0 Å². The fraction of sp³-hybridized carbons (Fsp3) is 0. The van der Waals surface area contributed by atoms with E-state index >= 15 is 0 Å². The number of aromatic nitrogens is 3. The van der Waals surface area contributed by atoms with Gasteiger partial charge in [-0.15, -0.1) is 0 Å². The molecular weight excluding hydrogens is 345 g/mol. The molecule has 1 amide bonds. The summed E-state index contributed by atoms with van der Waals surface area (Å²) in [6.45, 7) is 0. The van der Waals surface area contributed by atoms with Gasteiger partial charge < -0.3 is 10.6 Å². The number of para-hydroxylation sites is 1. The van der Waals surface area contributed by atoms with E-state index in [-0.39, 0.29) is 17.5 Å². The van der Waals surface area contributed by atoms with E-state index in [0.717, 1.165) is 16.6 Å². The van der Waals surface area contributed by atoms with Crippen LogP contribution in [0.2, 0.25) is 0 Å². The van der Waals surface area contributed by atoms with Gasteiger partial charge in [-0.3, -0.25) is 9.78 Å². The SMILES string of the molecule is O=C(Nc1ccc(F)cc1)c1ccnc(Nc2cccc3cccnc23)n1. The van der Waals surface area contributed by atoms with E-state index in [1.807, 2.05) is 30.3 Å². The number of carbonyl (C=O) groups is 1. The number of nitrogens with one attached hydrogen (secondary N) is 2. The highest BCUT2D eigenvalue weighted by Crippen LogP contribution is 2.23. The molecule has 0 radical (unpaired) electrons. The van der Waals surface area contributed by atoms with Crippen molar-refractivity contribution in [2.45, 2.75) is 0 Å². The van der Waals surface area contributed by atoms with Crippen LogP contribution >= 0.6 is 0 Å². The molecule has 0 unspecified atom stereocenters. The van der Waals surface area contributed by atoms with Gasteiger partial charge in [0.25, 0.3) is 5.91 Å². The summed E-state index contributed by atoms with van der Waals surface area (Å²) in [7, 11) is 0. The quantitative estimate of drug-likeness (QED) is 0.572. The molecule has 6 nitrogen and oxygen atoms in total. The lowest BCUT2D eigenvalue weighted by Gasteiger charge is -2.09. The Hall–Kier alpha value is -3.87. The Morgan fingerprint density at radius 1 is 0.889 bits per heavy atom. The Morgan fingerprint density at radius 3 is 2.56 bits per heavy atom. The molecule has 0 saturated carbocycles. The minimum absolute atomic E-state index is 0.185. The summed E-state index contributed by atoms with van der Waals surface area (Å²) in [5.41, 5.74) is 2.19. The lowest BCUT2D eigenvalue weighted by molar-refractivity contribution is 0.102. The maximum atomic E-state index is 13.0. The number of anilines is 3. The number of fused-ring (bicyclic) bond motifs is 1. The zero-order valence-electron chi connectivity index (χ0n) is 14.1. The molecule has 4 aromatic rings. The van der Waals surface area contributed by atoms with Gasteiger partial charge in [0.15, 0.2) is 0 Å². The summed E-state index contributed by atoms with van der Waals surface area (Å²) in [6.07, 6.45) is 3.20. The van der Waals surface area contributed by atoms with Crippen LogP contribution in [0.3, 0.4) is 0 Å². The van der Waals surface area contributed by atoms with Gasteiger partial charge in [-0.2, -0.15) is 0 Å². The second kappa shape index (κ2) is 7.17. The predicted octanol–water partition coefficient (Wildman–Crippen LogP) is 4.16. The van der Waals surface area contributed by atoms with Gasteiger partial charge in [-0.25, -0.2) is 14.4 Å². The molecule has 0 saturated heterocycles. The lowest BCUT2D eigenvalue weighted by atomic mass is 10.2. The molecular formula is C20H14FN5O. The molecule has 0 atom stereocenters. The van der Waals surface area contributed by atoms with Gasteiger partial charge in [0.05, 0.1) is 11.2 Å². The van der Waals surface area contributed by atoms with E-state index in [9.17, 15) is 9.18 Å². The zero-order chi connectivity index (χ0) is 18.6. The van der Waals surface area contributed by atoms with E-state index in [1.54, 1.807) is 6.20 Å². The van der Waals surface area contributed by atoms with Crippen LogP contribution in [0.25, 0.3) is 10.9 Å². The minimum atomic E-state index is -0.414. The van der Waals surface area contributed by atoms with E-state index in [4.69, 9.17) is 0 Å². The first kappa shape index (κ1) is 16.6. The van der Waals surface area contributed by atoms with Crippen molar-refractivity contribution in [3.8, 4) is 0 Å². The standard InChI is InChI=1S/C20H14FN5O/c21-14-6-8-15(9-7-14)24-19(27)17-10-12-23-20(26-17)25-16-5-1-3-13-4-2-11-22-18(13)16/h1-12H,(H,24,27)(H,23,25,26). The van der Waals surface area contributed by atoms with Crippen molar-refractivity contribution < 1.29 is 9.18 Å². The lowest BCUT2D eigenvalue weighted by Crippen LogP contribution is -2.14. The average molecular weight is 359 g/mol. The molecule has 0 spiro atoms. The van der Waals surface area contributed by atoms with Crippen molar-refractivity contribution in [3.05, 3.63) is 84.6 Å². The first-order chi connectivity index (χ1) is 13.2. The minimum Gasteiger partial charge on any atom is -0.322 e. The van der Waals surface area contributed by atoms with E-state index in [2.05, 4.69) is 25.6 Å². The number of pyridine rings is 1. The van der Waals surface area contributed by atoms with Crippen molar-refractivity contribution in [2.75, 3.05) is 10.6 Å². The first-order valence-electron chi connectivity index (χ1n) is 8.20. The number of halogens is 1. The number of hydrogen-bond donors (Lipinski definition) is 2. The number of hydrogen-bond acceptors (Lipinski definition) is 5. The molecule has 0 fully saturated rings. The fourth-order valence-corrected chi connectivity index (χ4v) is 2.60. The van der Waals surface area contributed by atoms with E-state index < -0.39 is 5.91 Å². The van der Waals surface area contributed by atoms with Crippen LogP contribution in [0, 0.1) is 5.82 Å². The summed E-state index contributed by atoms with van der Waals surface area (Å²) < 4.78 is 13.0. The van der Waals surface area contributed by atoms with Crippen molar-refractivity contribution in [3.63, 3.8) is 0 Å². The van der Waals surface area contributed by atoms with Crippen LogP contribution in [0.5, 0.6) is 0 Å². The molecule has 2 aromatic heterocycles. The van der Waals surface area contributed by atoms with Gasteiger partial charge >= 0.3 is 0 Å². The highest BCUT2D eigenvalue weighted by Gasteiger charge is 2.10. The van der Waals surface area contributed by atoms with Gasteiger partial charge in [0.2, 0.25) is 5.95 Å². The second-order valence-electron chi connectivity index (χ2n) is 5.73. The van der Waals surface area contributed by atoms with Crippen LogP contribution in [0.15, 0.2) is 73.1 Å². The Kier molecular flexibility index (Phi) is 4.40. The van der Waals surface area contributed by atoms with Gasteiger partial charge in [-0.05, 0) is 42.5 Å². The third-order valence-corrected chi connectivity index (χ3v) is 3.87. The zero-order valence-corrected chi connectivity index (χ0v) is 14.1. The van der Waals surface area contributed by atoms with Crippen LogP contribution < -0.4 is 10.6 Å². The monoisotopic (exact) mass is 359 g/mol. The molecule has 2 N–H and O–H groups in total. The van der Waals surface area contributed by atoms with Crippen molar-refractivity contribution in [1.82, 2.24) is 15.0 Å². The molecule has 0 bridgehead atoms. The van der Waals surface area contributed by atoms with Crippen molar-refractivity contribution in [1.29, 1.82) is 0 Å². The maximum absolute atomic E-state index is 13.0. The number of nitrogens with zero attached hydrogens (tertiary/aromatic N) is 3. The number of carbonyl (C=O) groups excluding carboxylic acids is 1. The summed E-state index contributed by atoms with van der Waals surface area (Å²) in [5, 5.41) is 6.75. The highest BCUT2D eigenvalue weighted by atomic mass is 19.1. The first-order valence-corrected chi connectivity index (χ1v) is 8.20. The third kappa shape index (κ3) is 3.72. The Morgan fingerprint density at radius 2 is 1.70 bits per heavy atom.